The molecule has 0 fully saturated rings. The fourth-order valence-corrected chi connectivity index (χ4v) is 8.91. The van der Waals surface area contributed by atoms with Crippen LogP contribution in [0.2, 0.25) is 0 Å². The summed E-state index contributed by atoms with van der Waals surface area (Å²) in [6.07, 6.45) is 0. The van der Waals surface area contributed by atoms with E-state index in [2.05, 4.69) is 144 Å². The standard InChI is InChI=1S/C42H23N3S/c1-3-17-33-31(12-1)41(25-21-22-37-32(23-25)26-11-2-4-20-36(26)46-37)44-42(43-33)45-34-18-7-15-29-27-13-5-9-24-10-6-14-28(38(24)27)30-16-8-19-35(45)40(30)39(29)34/h1-23H. The molecule has 0 saturated carbocycles. The van der Waals surface area contributed by atoms with Crippen LogP contribution in [0, 0.1) is 0 Å². The minimum absolute atomic E-state index is 0.686. The topological polar surface area (TPSA) is 30.7 Å². The number of hydrogen-bond acceptors (Lipinski definition) is 3. The first-order chi connectivity index (χ1) is 22.8. The van der Waals surface area contributed by atoms with E-state index in [1.165, 1.54) is 64.0 Å². The van der Waals surface area contributed by atoms with Crippen LogP contribution in [0.3, 0.4) is 0 Å². The molecule has 0 bridgehead atoms. The van der Waals surface area contributed by atoms with Gasteiger partial charge in [-0.25, -0.2) is 9.97 Å². The summed E-state index contributed by atoms with van der Waals surface area (Å²) in [5, 5.41) is 8.68. The van der Waals surface area contributed by atoms with Crippen LogP contribution in [0.4, 0.5) is 0 Å². The SMILES string of the molecule is c1cc2c3c(cccc3c1)-c1cccc3c1c1c-2cccc1n3-c1nc(-c2ccc3sc4ccccc4c3c2)c2ccccc2n1. The van der Waals surface area contributed by atoms with Gasteiger partial charge in [-0.3, -0.25) is 4.57 Å². The molecule has 1 aliphatic carbocycles. The molecule has 4 heteroatoms. The van der Waals surface area contributed by atoms with Crippen LogP contribution in [0.25, 0.3) is 103 Å². The fraction of sp³-hybridized carbons (Fsp3) is 0. The maximum absolute atomic E-state index is 5.43. The molecule has 0 amide bonds. The largest absolute Gasteiger partial charge is 0.278 e. The number of benzene rings is 7. The summed E-state index contributed by atoms with van der Waals surface area (Å²) in [7, 11) is 0. The molecular weight excluding hydrogens is 579 g/mol. The Morgan fingerprint density at radius 2 is 1.07 bits per heavy atom. The lowest BCUT2D eigenvalue weighted by atomic mass is 9.93. The van der Waals surface area contributed by atoms with Gasteiger partial charge in [0.2, 0.25) is 5.95 Å². The van der Waals surface area contributed by atoms with Gasteiger partial charge in [0.25, 0.3) is 0 Å². The summed E-state index contributed by atoms with van der Waals surface area (Å²) in [6.45, 7) is 0. The predicted octanol–water partition coefficient (Wildman–Crippen LogP) is 11.6. The highest BCUT2D eigenvalue weighted by molar-refractivity contribution is 7.25. The Kier molecular flexibility index (Phi) is 4.72. The molecule has 10 aromatic rings. The first-order valence-electron chi connectivity index (χ1n) is 15.6. The van der Waals surface area contributed by atoms with Crippen molar-refractivity contribution in [1.29, 1.82) is 0 Å². The monoisotopic (exact) mass is 601 g/mol. The van der Waals surface area contributed by atoms with E-state index in [-0.39, 0.29) is 0 Å². The highest BCUT2D eigenvalue weighted by atomic mass is 32.1. The molecule has 3 heterocycles. The van der Waals surface area contributed by atoms with Crippen LogP contribution in [-0.4, -0.2) is 14.5 Å². The zero-order chi connectivity index (χ0) is 29.9. The van der Waals surface area contributed by atoms with E-state index in [1.807, 2.05) is 11.3 Å². The van der Waals surface area contributed by atoms with Crippen LogP contribution in [0.5, 0.6) is 0 Å². The summed E-state index contributed by atoms with van der Waals surface area (Å²) in [5.41, 5.74) is 10.2. The molecular formula is C42H23N3S. The molecule has 3 nitrogen and oxygen atoms in total. The molecule has 11 rings (SSSR count). The molecule has 0 N–H and O–H groups in total. The molecule has 0 unspecified atom stereocenters. The maximum Gasteiger partial charge on any atom is 0.235 e. The van der Waals surface area contributed by atoms with Crippen LogP contribution in [0.1, 0.15) is 0 Å². The third-order valence-electron chi connectivity index (χ3n) is 9.74. The van der Waals surface area contributed by atoms with Crippen molar-refractivity contribution in [3.8, 4) is 39.5 Å². The van der Waals surface area contributed by atoms with Crippen LogP contribution >= 0.6 is 11.3 Å². The number of thiophene rings is 1. The van der Waals surface area contributed by atoms with Gasteiger partial charge in [0.1, 0.15) is 0 Å². The van der Waals surface area contributed by atoms with Crippen LogP contribution < -0.4 is 0 Å². The number of hydrogen-bond donors (Lipinski definition) is 0. The molecule has 0 radical (unpaired) electrons. The maximum atomic E-state index is 5.43. The van der Waals surface area contributed by atoms with Crippen molar-refractivity contribution < 1.29 is 0 Å². The Balaban J connectivity index is 1.25. The van der Waals surface area contributed by atoms with Gasteiger partial charge in [-0.05, 0) is 69.4 Å². The number of aromatic nitrogens is 3. The highest BCUT2D eigenvalue weighted by Gasteiger charge is 2.25. The van der Waals surface area contributed by atoms with Crippen molar-refractivity contribution in [2.45, 2.75) is 0 Å². The van der Waals surface area contributed by atoms with Gasteiger partial charge in [-0.1, -0.05) is 103 Å². The van der Waals surface area contributed by atoms with Gasteiger partial charge in [0.15, 0.2) is 0 Å². The Morgan fingerprint density at radius 3 is 1.80 bits per heavy atom. The van der Waals surface area contributed by atoms with Crippen molar-refractivity contribution in [1.82, 2.24) is 14.5 Å². The molecule has 0 spiro atoms. The number of fused-ring (bicyclic) bond motifs is 6. The summed E-state index contributed by atoms with van der Waals surface area (Å²) < 4.78 is 4.87. The Bertz CT molecular complexity index is 2830. The van der Waals surface area contributed by atoms with Gasteiger partial charge < -0.3 is 0 Å². The van der Waals surface area contributed by atoms with Crippen molar-refractivity contribution in [3.63, 3.8) is 0 Å². The smallest absolute Gasteiger partial charge is 0.235 e. The lowest BCUT2D eigenvalue weighted by molar-refractivity contribution is 1.01. The van der Waals surface area contributed by atoms with E-state index in [1.54, 1.807) is 0 Å². The van der Waals surface area contributed by atoms with Crippen molar-refractivity contribution in [2.24, 2.45) is 0 Å². The molecule has 3 aromatic heterocycles. The van der Waals surface area contributed by atoms with Gasteiger partial charge in [0, 0.05) is 41.9 Å². The lowest BCUT2D eigenvalue weighted by Gasteiger charge is -2.14. The molecule has 0 saturated heterocycles. The second kappa shape index (κ2) is 8.87. The number of rotatable bonds is 2. The van der Waals surface area contributed by atoms with Crippen molar-refractivity contribution >= 4 is 75.0 Å². The summed E-state index contributed by atoms with van der Waals surface area (Å²) in [5.74, 6) is 0.686. The molecule has 212 valence electrons. The molecule has 0 aliphatic heterocycles. The zero-order valence-electron chi connectivity index (χ0n) is 24.5. The Hall–Kier alpha value is -5.84. The lowest BCUT2D eigenvalue weighted by Crippen LogP contribution is -2.03. The zero-order valence-corrected chi connectivity index (χ0v) is 25.3. The third-order valence-corrected chi connectivity index (χ3v) is 10.9. The second-order valence-electron chi connectivity index (χ2n) is 12.1. The third kappa shape index (κ3) is 3.16. The van der Waals surface area contributed by atoms with E-state index >= 15 is 0 Å². The second-order valence-corrected chi connectivity index (χ2v) is 13.2. The summed E-state index contributed by atoms with van der Waals surface area (Å²) >= 11 is 1.84. The average molecular weight is 602 g/mol. The van der Waals surface area contributed by atoms with Gasteiger partial charge >= 0.3 is 0 Å². The number of nitrogens with zero attached hydrogens (tertiary/aromatic N) is 3. The average Bonchev–Trinajstić information content (AvgIpc) is 3.62. The molecule has 1 aliphatic rings. The van der Waals surface area contributed by atoms with E-state index in [0.29, 0.717) is 5.95 Å². The van der Waals surface area contributed by atoms with E-state index in [9.17, 15) is 0 Å². The first kappa shape index (κ1) is 24.5. The minimum Gasteiger partial charge on any atom is -0.278 e. The van der Waals surface area contributed by atoms with E-state index < -0.39 is 0 Å². The molecule has 46 heavy (non-hydrogen) atoms. The van der Waals surface area contributed by atoms with Gasteiger partial charge in [-0.2, -0.15) is 0 Å². The Morgan fingerprint density at radius 1 is 0.457 bits per heavy atom. The quantitative estimate of drug-likeness (QED) is 0.197. The van der Waals surface area contributed by atoms with Gasteiger partial charge in [-0.15, -0.1) is 11.3 Å². The Labute approximate surface area is 267 Å². The van der Waals surface area contributed by atoms with Crippen molar-refractivity contribution in [3.05, 3.63) is 140 Å². The van der Waals surface area contributed by atoms with Crippen molar-refractivity contribution in [2.75, 3.05) is 0 Å². The molecule has 7 aromatic carbocycles. The van der Waals surface area contributed by atoms with Crippen LogP contribution in [-0.2, 0) is 0 Å². The predicted molar refractivity (Wildman–Crippen MR) is 194 cm³/mol. The fourth-order valence-electron chi connectivity index (χ4n) is 7.82. The normalized spacial score (nSPS) is 12.3. The summed E-state index contributed by atoms with van der Waals surface area (Å²) in [4.78, 5) is 10.7. The van der Waals surface area contributed by atoms with E-state index in [4.69, 9.17) is 9.97 Å². The minimum atomic E-state index is 0.686. The number of para-hydroxylation sites is 1. The highest BCUT2D eigenvalue weighted by Crippen LogP contribution is 2.49. The van der Waals surface area contributed by atoms with Gasteiger partial charge in [0.05, 0.1) is 22.2 Å². The van der Waals surface area contributed by atoms with E-state index in [0.717, 1.165) is 33.2 Å². The first-order valence-corrected chi connectivity index (χ1v) is 16.4. The summed E-state index contributed by atoms with van der Waals surface area (Å²) in [6, 6.07) is 50.5. The van der Waals surface area contributed by atoms with Crippen LogP contribution in [0.15, 0.2) is 140 Å². The molecule has 0 atom stereocenters.